The first kappa shape index (κ1) is 19.4. The summed E-state index contributed by atoms with van der Waals surface area (Å²) in [5.74, 6) is 0.397. The number of nitrogens with zero attached hydrogens (tertiary/aromatic N) is 2. The number of furan rings is 1. The number of rotatable bonds is 7. The number of carbonyl (C=O) groups is 2. The van der Waals surface area contributed by atoms with Crippen molar-refractivity contribution < 1.29 is 23.5 Å². The lowest BCUT2D eigenvalue weighted by Gasteiger charge is -2.19. The molecule has 1 aliphatic heterocycles. The highest BCUT2D eigenvalue weighted by Gasteiger charge is 2.35. The zero-order chi connectivity index (χ0) is 19.9. The van der Waals surface area contributed by atoms with E-state index in [9.17, 15) is 9.59 Å². The summed E-state index contributed by atoms with van der Waals surface area (Å²) in [4.78, 5) is 24.3. The molecular formula is C21H22N2O5. The number of methoxy groups -OCH3 is 1. The van der Waals surface area contributed by atoms with Crippen molar-refractivity contribution >= 4 is 17.6 Å². The maximum absolute atomic E-state index is 12.7. The van der Waals surface area contributed by atoms with Crippen molar-refractivity contribution in [3.63, 3.8) is 0 Å². The van der Waals surface area contributed by atoms with Gasteiger partial charge >= 0.3 is 5.97 Å². The van der Waals surface area contributed by atoms with Crippen molar-refractivity contribution in [2.24, 2.45) is 5.10 Å². The Hall–Kier alpha value is -3.35. The highest BCUT2D eigenvalue weighted by Crippen LogP contribution is 2.33. The van der Waals surface area contributed by atoms with E-state index in [0.29, 0.717) is 18.6 Å². The van der Waals surface area contributed by atoms with E-state index < -0.39 is 11.9 Å². The van der Waals surface area contributed by atoms with E-state index in [2.05, 4.69) is 5.10 Å². The van der Waals surface area contributed by atoms with Crippen molar-refractivity contribution in [2.45, 2.75) is 25.8 Å². The van der Waals surface area contributed by atoms with Crippen LogP contribution in [0.4, 0.5) is 0 Å². The molecule has 0 bridgehead atoms. The zero-order valence-corrected chi connectivity index (χ0v) is 15.8. The molecule has 2 heterocycles. The Labute approximate surface area is 163 Å². The number of esters is 1. The lowest BCUT2D eigenvalue weighted by atomic mass is 10.0. The molecule has 3 rings (SSSR count). The standard InChI is InChI=1S/C21H22N2O5/c1-3-4-7-21(25)28-14-20(24)23-18(19-6-5-12-27-19)13-17(22-23)15-8-10-16(26-2)11-9-15/h4-12,18H,3,13-14H2,1-2H3/b7-4+/t18-/m1/s1. The molecule has 0 saturated carbocycles. The molecule has 7 heteroatoms. The molecule has 0 radical (unpaired) electrons. The summed E-state index contributed by atoms with van der Waals surface area (Å²) in [5.41, 5.74) is 1.63. The van der Waals surface area contributed by atoms with Crippen molar-refractivity contribution in [1.29, 1.82) is 0 Å². The molecule has 0 unspecified atom stereocenters. The Kier molecular flexibility index (Phi) is 6.26. The number of benzene rings is 1. The number of hydrazone groups is 1. The minimum atomic E-state index is -0.552. The Morgan fingerprint density at radius 1 is 1.29 bits per heavy atom. The normalized spacial score (nSPS) is 16.3. The summed E-state index contributed by atoms with van der Waals surface area (Å²) in [6.07, 6.45) is 5.75. The summed E-state index contributed by atoms with van der Waals surface area (Å²) in [5, 5.41) is 5.81. The molecule has 146 valence electrons. The van der Waals surface area contributed by atoms with Gasteiger partial charge in [-0.2, -0.15) is 5.10 Å². The van der Waals surface area contributed by atoms with Gasteiger partial charge in [-0.25, -0.2) is 9.80 Å². The van der Waals surface area contributed by atoms with Gasteiger partial charge in [0.05, 0.1) is 19.1 Å². The molecule has 7 nitrogen and oxygen atoms in total. The number of hydrogen-bond acceptors (Lipinski definition) is 6. The first-order chi connectivity index (χ1) is 13.6. The predicted octanol–water partition coefficient (Wildman–Crippen LogP) is 3.48. The minimum Gasteiger partial charge on any atom is -0.497 e. The van der Waals surface area contributed by atoms with Crippen LogP contribution < -0.4 is 4.74 Å². The third-order valence-electron chi connectivity index (χ3n) is 4.29. The lowest BCUT2D eigenvalue weighted by molar-refractivity contribution is -0.149. The maximum atomic E-state index is 12.7. The second-order valence-electron chi connectivity index (χ2n) is 6.17. The van der Waals surface area contributed by atoms with E-state index in [1.807, 2.05) is 31.2 Å². The fourth-order valence-corrected chi connectivity index (χ4v) is 2.86. The summed E-state index contributed by atoms with van der Waals surface area (Å²) in [6.45, 7) is 1.52. The van der Waals surface area contributed by atoms with Crippen LogP contribution in [0.15, 0.2) is 64.3 Å². The van der Waals surface area contributed by atoms with Crippen LogP contribution in [-0.2, 0) is 14.3 Å². The second-order valence-corrected chi connectivity index (χ2v) is 6.17. The molecule has 1 aromatic heterocycles. The second kappa shape index (κ2) is 9.03. The monoisotopic (exact) mass is 382 g/mol. The smallest absolute Gasteiger partial charge is 0.330 e. The van der Waals surface area contributed by atoms with Crippen molar-refractivity contribution in [3.8, 4) is 5.75 Å². The van der Waals surface area contributed by atoms with Gasteiger partial charge in [0.2, 0.25) is 0 Å². The van der Waals surface area contributed by atoms with E-state index in [-0.39, 0.29) is 12.6 Å². The topological polar surface area (TPSA) is 81.3 Å². The lowest BCUT2D eigenvalue weighted by Crippen LogP contribution is -2.31. The van der Waals surface area contributed by atoms with Crippen LogP contribution in [0.25, 0.3) is 0 Å². The Morgan fingerprint density at radius 3 is 2.71 bits per heavy atom. The molecule has 0 saturated heterocycles. The van der Waals surface area contributed by atoms with E-state index in [1.54, 1.807) is 31.6 Å². The van der Waals surface area contributed by atoms with Crippen molar-refractivity contribution in [3.05, 3.63) is 66.1 Å². The zero-order valence-electron chi connectivity index (χ0n) is 15.8. The minimum absolute atomic E-state index is 0.385. The van der Waals surface area contributed by atoms with Gasteiger partial charge < -0.3 is 13.9 Å². The molecule has 2 aromatic rings. The highest BCUT2D eigenvalue weighted by molar-refractivity contribution is 6.03. The first-order valence-corrected chi connectivity index (χ1v) is 9.03. The molecule has 28 heavy (non-hydrogen) atoms. The number of amides is 1. The number of hydrogen-bond donors (Lipinski definition) is 0. The van der Waals surface area contributed by atoms with Crippen LogP contribution in [-0.4, -0.2) is 36.3 Å². The van der Waals surface area contributed by atoms with Crippen LogP contribution >= 0.6 is 0 Å². The van der Waals surface area contributed by atoms with Crippen LogP contribution in [0.5, 0.6) is 5.75 Å². The van der Waals surface area contributed by atoms with Crippen molar-refractivity contribution in [1.82, 2.24) is 5.01 Å². The van der Waals surface area contributed by atoms with Gasteiger partial charge in [0.25, 0.3) is 5.91 Å². The van der Waals surface area contributed by atoms with Crippen LogP contribution in [0.1, 0.15) is 37.1 Å². The van der Waals surface area contributed by atoms with E-state index >= 15 is 0 Å². The SMILES string of the molecule is CC/C=C/C(=O)OCC(=O)N1N=C(c2ccc(OC)cc2)C[C@@H]1c1ccco1. The molecule has 1 aliphatic rings. The molecular weight excluding hydrogens is 360 g/mol. The fourth-order valence-electron chi connectivity index (χ4n) is 2.86. The molecule has 1 amide bonds. The molecule has 1 aromatic carbocycles. The van der Waals surface area contributed by atoms with E-state index in [1.165, 1.54) is 11.1 Å². The highest BCUT2D eigenvalue weighted by atomic mass is 16.5. The summed E-state index contributed by atoms with van der Waals surface area (Å²) >= 11 is 0. The number of allylic oxidation sites excluding steroid dienone is 1. The Morgan fingerprint density at radius 2 is 2.07 bits per heavy atom. The predicted molar refractivity (Wildman–Crippen MR) is 103 cm³/mol. The quantitative estimate of drug-likeness (QED) is 0.541. The van der Waals surface area contributed by atoms with Gasteiger partial charge in [-0.15, -0.1) is 0 Å². The first-order valence-electron chi connectivity index (χ1n) is 9.03. The Balaban J connectivity index is 1.77. The largest absolute Gasteiger partial charge is 0.497 e. The van der Waals surface area contributed by atoms with Gasteiger partial charge in [-0.3, -0.25) is 4.79 Å². The summed E-state index contributed by atoms with van der Waals surface area (Å²) < 4.78 is 15.7. The van der Waals surface area contributed by atoms with Crippen molar-refractivity contribution in [2.75, 3.05) is 13.7 Å². The van der Waals surface area contributed by atoms with Gasteiger partial charge in [-0.05, 0) is 48.4 Å². The average molecular weight is 382 g/mol. The maximum Gasteiger partial charge on any atom is 0.330 e. The van der Waals surface area contributed by atoms with Gasteiger partial charge in [0, 0.05) is 12.5 Å². The van der Waals surface area contributed by atoms with Crippen LogP contribution in [0.3, 0.4) is 0 Å². The molecule has 0 N–H and O–H groups in total. The summed E-state index contributed by atoms with van der Waals surface area (Å²) in [6, 6.07) is 10.6. The molecule has 0 aliphatic carbocycles. The van der Waals surface area contributed by atoms with E-state index in [0.717, 1.165) is 17.0 Å². The molecule has 0 spiro atoms. The number of carbonyl (C=O) groups excluding carboxylic acids is 2. The molecule has 0 fully saturated rings. The van der Waals surface area contributed by atoms with Gasteiger partial charge in [-0.1, -0.05) is 13.0 Å². The third-order valence-corrected chi connectivity index (χ3v) is 4.29. The number of ether oxygens (including phenoxy) is 2. The van der Waals surface area contributed by atoms with Gasteiger partial charge in [0.1, 0.15) is 17.6 Å². The van der Waals surface area contributed by atoms with Crippen LogP contribution in [0, 0.1) is 0 Å². The van der Waals surface area contributed by atoms with E-state index in [4.69, 9.17) is 13.9 Å². The third kappa shape index (κ3) is 4.49. The van der Waals surface area contributed by atoms with Crippen LogP contribution in [0.2, 0.25) is 0 Å². The Bertz CT molecular complexity index is 869. The van der Waals surface area contributed by atoms with Gasteiger partial charge in [0.15, 0.2) is 6.61 Å². The average Bonchev–Trinajstić information content (AvgIpc) is 3.40. The summed E-state index contributed by atoms with van der Waals surface area (Å²) in [7, 11) is 1.60. The fraction of sp³-hybridized carbons (Fsp3) is 0.286. The molecule has 1 atom stereocenters.